The highest BCUT2D eigenvalue weighted by atomic mass is 35.5. The van der Waals surface area contributed by atoms with Crippen LogP contribution in [0.2, 0.25) is 4.34 Å². The molecule has 0 aliphatic heterocycles. The third kappa shape index (κ3) is 2.33. The molecule has 17 heavy (non-hydrogen) atoms. The van der Waals surface area contributed by atoms with E-state index in [9.17, 15) is 4.79 Å². The van der Waals surface area contributed by atoms with Crippen LogP contribution in [0.1, 0.15) is 17.4 Å². The van der Waals surface area contributed by atoms with E-state index in [1.54, 1.807) is 7.11 Å². The number of ketones is 1. The molecule has 0 saturated carbocycles. The molecule has 0 aliphatic rings. The summed E-state index contributed by atoms with van der Waals surface area (Å²) in [5, 5.41) is 0.692. The molecular formula is C12H10ClNO2S. The van der Waals surface area contributed by atoms with Crippen LogP contribution in [0.15, 0.2) is 24.3 Å². The molecule has 0 unspecified atom stereocenters. The summed E-state index contributed by atoms with van der Waals surface area (Å²) >= 11 is 7.26. The Kier molecular flexibility index (Phi) is 3.45. The number of Topliss-reactive ketones (excluding diaryl/α,β-unsaturated/α-hetero) is 1. The maximum Gasteiger partial charge on any atom is 0.180 e. The Labute approximate surface area is 108 Å². The normalized spacial score (nSPS) is 10.3. The van der Waals surface area contributed by atoms with Crippen molar-refractivity contribution in [1.29, 1.82) is 0 Å². The molecule has 0 bridgehead atoms. The Hall–Kier alpha value is -1.39. The number of benzene rings is 1. The molecular weight excluding hydrogens is 258 g/mol. The van der Waals surface area contributed by atoms with Gasteiger partial charge in [-0.05, 0) is 12.1 Å². The highest BCUT2D eigenvalue weighted by molar-refractivity contribution is 7.19. The number of carbonyl (C=O) groups excluding carboxylic acids is 1. The van der Waals surface area contributed by atoms with Crippen molar-refractivity contribution in [2.24, 2.45) is 0 Å². The zero-order chi connectivity index (χ0) is 12.4. The molecule has 0 amide bonds. The molecule has 1 aromatic carbocycles. The van der Waals surface area contributed by atoms with E-state index in [0.29, 0.717) is 20.8 Å². The van der Waals surface area contributed by atoms with Gasteiger partial charge in [0.25, 0.3) is 0 Å². The number of para-hydroxylation sites is 1. The first-order valence-corrected chi connectivity index (χ1v) is 6.13. The van der Waals surface area contributed by atoms with Gasteiger partial charge in [0.1, 0.15) is 20.8 Å². The predicted octanol–water partition coefficient (Wildman–Crippen LogP) is 3.67. The number of nitrogens with zero attached hydrogens (tertiary/aromatic N) is 1. The van der Waals surface area contributed by atoms with Gasteiger partial charge in [-0.1, -0.05) is 23.7 Å². The van der Waals surface area contributed by atoms with Gasteiger partial charge in [0.05, 0.1) is 12.7 Å². The van der Waals surface area contributed by atoms with Crippen LogP contribution in [0.4, 0.5) is 0 Å². The summed E-state index contributed by atoms with van der Waals surface area (Å²) in [4.78, 5) is 15.5. The van der Waals surface area contributed by atoms with Crippen LogP contribution in [0.3, 0.4) is 0 Å². The van der Waals surface area contributed by atoms with E-state index < -0.39 is 0 Å². The summed E-state index contributed by atoms with van der Waals surface area (Å²) in [6, 6.07) is 7.50. The SMILES string of the molecule is COc1ccccc1-c1nc(C(C)=O)c(Cl)s1. The van der Waals surface area contributed by atoms with E-state index >= 15 is 0 Å². The van der Waals surface area contributed by atoms with Gasteiger partial charge >= 0.3 is 0 Å². The van der Waals surface area contributed by atoms with Gasteiger partial charge < -0.3 is 4.74 Å². The van der Waals surface area contributed by atoms with Crippen LogP contribution in [0, 0.1) is 0 Å². The lowest BCUT2D eigenvalue weighted by molar-refractivity contribution is 0.101. The van der Waals surface area contributed by atoms with E-state index in [2.05, 4.69) is 4.98 Å². The molecule has 0 atom stereocenters. The van der Waals surface area contributed by atoms with Gasteiger partial charge in [-0.25, -0.2) is 4.98 Å². The lowest BCUT2D eigenvalue weighted by Gasteiger charge is -2.04. The van der Waals surface area contributed by atoms with Gasteiger partial charge in [-0.2, -0.15) is 0 Å². The quantitative estimate of drug-likeness (QED) is 0.797. The second kappa shape index (κ2) is 4.85. The minimum atomic E-state index is -0.132. The second-order valence-corrected chi connectivity index (χ2v) is 5.00. The third-order valence-electron chi connectivity index (χ3n) is 2.26. The molecule has 2 rings (SSSR count). The van der Waals surface area contributed by atoms with Crippen molar-refractivity contribution in [3.05, 3.63) is 34.3 Å². The molecule has 88 valence electrons. The van der Waals surface area contributed by atoms with Crippen LogP contribution < -0.4 is 4.74 Å². The molecule has 1 aromatic heterocycles. The van der Waals surface area contributed by atoms with E-state index in [0.717, 1.165) is 5.56 Å². The standard InChI is InChI=1S/C12H10ClNO2S/c1-7(15)10-11(13)17-12(14-10)8-5-3-4-6-9(8)16-2/h3-6H,1-2H3. The lowest BCUT2D eigenvalue weighted by Crippen LogP contribution is -1.93. The number of methoxy groups -OCH3 is 1. The summed E-state index contributed by atoms with van der Waals surface area (Å²) in [6.45, 7) is 1.45. The van der Waals surface area contributed by atoms with E-state index in [1.165, 1.54) is 18.3 Å². The third-order valence-corrected chi connectivity index (χ3v) is 3.54. The maximum absolute atomic E-state index is 11.3. The first-order valence-electron chi connectivity index (χ1n) is 4.94. The molecule has 0 aliphatic carbocycles. The largest absolute Gasteiger partial charge is 0.496 e. The van der Waals surface area contributed by atoms with Gasteiger partial charge in [-0.3, -0.25) is 4.79 Å². The summed E-state index contributed by atoms with van der Waals surface area (Å²) in [6.07, 6.45) is 0. The zero-order valence-electron chi connectivity index (χ0n) is 9.36. The van der Waals surface area contributed by atoms with Crippen LogP contribution in [-0.2, 0) is 0 Å². The zero-order valence-corrected chi connectivity index (χ0v) is 10.9. The number of hydrogen-bond donors (Lipinski definition) is 0. The number of ether oxygens (including phenoxy) is 1. The topological polar surface area (TPSA) is 39.2 Å². The Balaban J connectivity index is 2.53. The molecule has 0 fully saturated rings. The van der Waals surface area contributed by atoms with Crippen molar-refractivity contribution in [2.75, 3.05) is 7.11 Å². The van der Waals surface area contributed by atoms with E-state index in [1.807, 2.05) is 24.3 Å². The summed E-state index contributed by atoms with van der Waals surface area (Å²) in [5.74, 6) is 0.584. The smallest absolute Gasteiger partial charge is 0.180 e. The average molecular weight is 268 g/mol. The number of thiazole rings is 1. The lowest BCUT2D eigenvalue weighted by atomic mass is 10.2. The van der Waals surface area contributed by atoms with Crippen molar-refractivity contribution in [3.8, 4) is 16.3 Å². The van der Waals surface area contributed by atoms with E-state index in [-0.39, 0.29) is 5.78 Å². The monoisotopic (exact) mass is 267 g/mol. The summed E-state index contributed by atoms with van der Waals surface area (Å²) < 4.78 is 5.66. The molecule has 0 radical (unpaired) electrons. The highest BCUT2D eigenvalue weighted by Crippen LogP contribution is 2.36. The van der Waals surface area contributed by atoms with Crippen LogP contribution in [0.5, 0.6) is 5.75 Å². The minimum absolute atomic E-state index is 0.132. The van der Waals surface area contributed by atoms with Gasteiger partial charge in [0, 0.05) is 6.92 Å². The maximum atomic E-state index is 11.3. The van der Waals surface area contributed by atoms with Crippen LogP contribution in [-0.4, -0.2) is 17.9 Å². The predicted molar refractivity (Wildman–Crippen MR) is 69.1 cm³/mol. The van der Waals surface area contributed by atoms with Crippen molar-refractivity contribution in [2.45, 2.75) is 6.92 Å². The molecule has 2 aromatic rings. The Morgan fingerprint density at radius 2 is 2.12 bits per heavy atom. The van der Waals surface area contributed by atoms with Crippen LogP contribution in [0.25, 0.3) is 10.6 Å². The molecule has 3 nitrogen and oxygen atoms in total. The summed E-state index contributed by atoms with van der Waals surface area (Å²) in [7, 11) is 1.60. The molecule has 1 heterocycles. The summed E-state index contributed by atoms with van der Waals surface area (Å²) in [5.41, 5.74) is 1.16. The van der Waals surface area contributed by atoms with Crippen molar-refractivity contribution < 1.29 is 9.53 Å². The molecule has 0 saturated heterocycles. The van der Waals surface area contributed by atoms with Gasteiger partial charge in [0.2, 0.25) is 0 Å². The molecule has 5 heteroatoms. The first kappa shape index (κ1) is 12.1. The molecule has 0 N–H and O–H groups in total. The number of aromatic nitrogens is 1. The average Bonchev–Trinajstić information content (AvgIpc) is 2.71. The Bertz CT molecular complexity index is 565. The fraction of sp³-hybridized carbons (Fsp3) is 0.167. The highest BCUT2D eigenvalue weighted by Gasteiger charge is 2.16. The van der Waals surface area contributed by atoms with Gasteiger partial charge in [0.15, 0.2) is 5.78 Å². The fourth-order valence-corrected chi connectivity index (χ4v) is 2.72. The fourth-order valence-electron chi connectivity index (χ4n) is 1.46. The molecule has 0 spiro atoms. The van der Waals surface area contributed by atoms with Gasteiger partial charge in [-0.15, -0.1) is 11.3 Å². The number of halogens is 1. The Morgan fingerprint density at radius 3 is 2.71 bits per heavy atom. The first-order chi connectivity index (χ1) is 8.13. The number of carbonyl (C=O) groups is 1. The van der Waals surface area contributed by atoms with Crippen molar-refractivity contribution in [3.63, 3.8) is 0 Å². The van der Waals surface area contributed by atoms with Crippen molar-refractivity contribution in [1.82, 2.24) is 4.98 Å². The number of rotatable bonds is 3. The number of hydrogen-bond acceptors (Lipinski definition) is 4. The second-order valence-electron chi connectivity index (χ2n) is 3.40. The Morgan fingerprint density at radius 1 is 1.41 bits per heavy atom. The van der Waals surface area contributed by atoms with Crippen molar-refractivity contribution >= 4 is 28.7 Å². The van der Waals surface area contributed by atoms with Crippen LogP contribution >= 0.6 is 22.9 Å². The van der Waals surface area contributed by atoms with E-state index in [4.69, 9.17) is 16.3 Å². The minimum Gasteiger partial charge on any atom is -0.496 e.